The molecule has 1 aromatic carbocycles. The fourth-order valence-electron chi connectivity index (χ4n) is 2.80. The van der Waals surface area contributed by atoms with Crippen molar-refractivity contribution in [3.63, 3.8) is 0 Å². The molecule has 1 heterocycles. The number of hydrogen-bond acceptors (Lipinski definition) is 4. The zero-order valence-corrected chi connectivity index (χ0v) is 15.2. The standard InChI is InChI=1S/C18H27NO.C2H2O4/c1-2-10-17-11-5-6-12-18(17)20-16-9-15-19-13-7-3-4-8-14-19;3-1(4)2(5)6/h2,5-6,11-12H,1,3-4,7-10,13-16H2;(H,3,4)(H,5,6). The van der Waals surface area contributed by atoms with E-state index in [1.807, 2.05) is 12.1 Å². The number of carbonyl (C=O) groups is 2. The molecule has 26 heavy (non-hydrogen) atoms. The van der Waals surface area contributed by atoms with Gasteiger partial charge in [-0.05, 0) is 50.4 Å². The van der Waals surface area contributed by atoms with Crippen molar-refractivity contribution in [2.45, 2.75) is 38.5 Å². The zero-order chi connectivity index (χ0) is 19.2. The number of hydrogen-bond donors (Lipinski definition) is 2. The van der Waals surface area contributed by atoms with Gasteiger partial charge in [-0.15, -0.1) is 6.58 Å². The summed E-state index contributed by atoms with van der Waals surface area (Å²) in [5, 5.41) is 14.8. The Morgan fingerprint density at radius 1 is 1.08 bits per heavy atom. The fourth-order valence-corrected chi connectivity index (χ4v) is 2.80. The van der Waals surface area contributed by atoms with E-state index in [1.54, 1.807) is 0 Å². The molecule has 0 radical (unpaired) electrons. The van der Waals surface area contributed by atoms with Gasteiger partial charge in [0.05, 0.1) is 6.61 Å². The number of aliphatic carboxylic acids is 2. The van der Waals surface area contributed by atoms with Crippen molar-refractivity contribution in [2.75, 3.05) is 26.2 Å². The van der Waals surface area contributed by atoms with Crippen LogP contribution in [0.25, 0.3) is 0 Å². The van der Waals surface area contributed by atoms with Gasteiger partial charge in [-0.2, -0.15) is 0 Å². The minimum absolute atomic E-state index is 0.810. The predicted octanol–water partition coefficient (Wildman–Crippen LogP) is 3.22. The van der Waals surface area contributed by atoms with E-state index in [2.05, 4.69) is 29.7 Å². The number of para-hydroxylation sites is 1. The number of carboxylic acid groups (broad SMARTS) is 2. The van der Waals surface area contributed by atoms with E-state index < -0.39 is 11.9 Å². The summed E-state index contributed by atoms with van der Waals surface area (Å²) in [7, 11) is 0. The molecule has 1 fully saturated rings. The Hall–Kier alpha value is -2.34. The third-order valence-corrected chi connectivity index (χ3v) is 4.09. The van der Waals surface area contributed by atoms with Crippen molar-refractivity contribution in [2.24, 2.45) is 0 Å². The zero-order valence-electron chi connectivity index (χ0n) is 15.2. The third kappa shape index (κ3) is 9.22. The summed E-state index contributed by atoms with van der Waals surface area (Å²) >= 11 is 0. The lowest BCUT2D eigenvalue weighted by atomic mass is 10.1. The summed E-state index contributed by atoms with van der Waals surface area (Å²) in [4.78, 5) is 20.8. The Bertz CT molecular complexity index is 553. The van der Waals surface area contributed by atoms with Gasteiger partial charge in [-0.1, -0.05) is 37.1 Å². The van der Waals surface area contributed by atoms with Crippen molar-refractivity contribution in [1.82, 2.24) is 4.90 Å². The number of ether oxygens (including phenoxy) is 1. The van der Waals surface area contributed by atoms with Crippen LogP contribution in [0.5, 0.6) is 5.75 Å². The van der Waals surface area contributed by atoms with Crippen LogP contribution in [0.4, 0.5) is 0 Å². The first-order valence-electron chi connectivity index (χ1n) is 9.04. The van der Waals surface area contributed by atoms with Crippen molar-refractivity contribution < 1.29 is 24.5 Å². The molecule has 0 amide bonds. The molecule has 2 rings (SSSR count). The van der Waals surface area contributed by atoms with Crippen molar-refractivity contribution >= 4 is 11.9 Å². The second-order valence-electron chi connectivity index (χ2n) is 6.17. The van der Waals surface area contributed by atoms with Crippen LogP contribution < -0.4 is 4.74 Å². The van der Waals surface area contributed by atoms with Gasteiger partial charge in [-0.25, -0.2) is 9.59 Å². The summed E-state index contributed by atoms with van der Waals surface area (Å²) in [6.07, 6.45) is 9.46. The molecule has 2 N–H and O–H groups in total. The monoisotopic (exact) mass is 363 g/mol. The van der Waals surface area contributed by atoms with E-state index in [1.165, 1.54) is 50.9 Å². The molecule has 0 aliphatic carbocycles. The molecule has 0 spiro atoms. The highest BCUT2D eigenvalue weighted by atomic mass is 16.5. The fraction of sp³-hybridized carbons (Fsp3) is 0.500. The molecule has 1 aromatic rings. The number of carboxylic acids is 2. The highest BCUT2D eigenvalue weighted by Crippen LogP contribution is 2.19. The van der Waals surface area contributed by atoms with E-state index in [0.717, 1.165) is 25.2 Å². The van der Waals surface area contributed by atoms with Crippen LogP contribution in [0.2, 0.25) is 0 Å². The second-order valence-corrected chi connectivity index (χ2v) is 6.17. The molecule has 0 saturated carbocycles. The van der Waals surface area contributed by atoms with Gasteiger partial charge in [0.2, 0.25) is 0 Å². The molecule has 6 heteroatoms. The molecule has 1 saturated heterocycles. The van der Waals surface area contributed by atoms with Gasteiger partial charge >= 0.3 is 11.9 Å². The summed E-state index contributed by atoms with van der Waals surface area (Å²) in [6.45, 7) is 8.32. The van der Waals surface area contributed by atoms with Crippen LogP contribution >= 0.6 is 0 Å². The first-order valence-corrected chi connectivity index (χ1v) is 9.04. The lowest BCUT2D eigenvalue weighted by molar-refractivity contribution is -0.159. The molecule has 0 atom stereocenters. The number of allylic oxidation sites excluding steroid dienone is 1. The Labute approximate surface area is 155 Å². The van der Waals surface area contributed by atoms with Crippen molar-refractivity contribution in [3.8, 4) is 5.75 Å². The summed E-state index contributed by atoms with van der Waals surface area (Å²) in [5.41, 5.74) is 1.23. The maximum absolute atomic E-state index is 9.10. The Balaban J connectivity index is 0.000000487. The second kappa shape index (κ2) is 12.9. The molecular weight excluding hydrogens is 334 g/mol. The summed E-state index contributed by atoms with van der Waals surface area (Å²) in [6, 6.07) is 8.27. The van der Waals surface area contributed by atoms with Gasteiger partial charge in [-0.3, -0.25) is 0 Å². The predicted molar refractivity (Wildman–Crippen MR) is 101 cm³/mol. The average Bonchev–Trinajstić information content (AvgIpc) is 2.89. The van der Waals surface area contributed by atoms with Crippen LogP contribution in [0.1, 0.15) is 37.7 Å². The lowest BCUT2D eigenvalue weighted by Gasteiger charge is -2.19. The van der Waals surface area contributed by atoms with Crippen molar-refractivity contribution in [1.29, 1.82) is 0 Å². The minimum Gasteiger partial charge on any atom is -0.493 e. The molecule has 0 aromatic heterocycles. The summed E-state index contributed by atoms with van der Waals surface area (Å²) < 4.78 is 5.94. The molecule has 1 aliphatic rings. The maximum atomic E-state index is 9.10. The summed E-state index contributed by atoms with van der Waals surface area (Å²) in [5.74, 6) is -2.63. The van der Waals surface area contributed by atoms with E-state index in [-0.39, 0.29) is 0 Å². The van der Waals surface area contributed by atoms with Crippen LogP contribution in [0.3, 0.4) is 0 Å². The van der Waals surface area contributed by atoms with Crippen LogP contribution in [0.15, 0.2) is 36.9 Å². The number of likely N-dealkylation sites (tertiary alicyclic amines) is 1. The van der Waals surface area contributed by atoms with Gasteiger partial charge in [0, 0.05) is 6.54 Å². The minimum atomic E-state index is -1.82. The molecule has 0 unspecified atom stereocenters. The number of nitrogens with zero attached hydrogens (tertiary/aromatic N) is 1. The normalized spacial score (nSPS) is 14.5. The van der Waals surface area contributed by atoms with Crippen LogP contribution in [0, 0.1) is 0 Å². The maximum Gasteiger partial charge on any atom is 0.414 e. The van der Waals surface area contributed by atoms with Gasteiger partial charge in [0.15, 0.2) is 0 Å². The van der Waals surface area contributed by atoms with Gasteiger partial charge in [0.25, 0.3) is 0 Å². The van der Waals surface area contributed by atoms with Crippen molar-refractivity contribution in [3.05, 3.63) is 42.5 Å². The molecular formula is C20H29NO5. The Morgan fingerprint density at radius 2 is 1.69 bits per heavy atom. The van der Waals surface area contributed by atoms with Gasteiger partial charge in [0.1, 0.15) is 5.75 Å². The van der Waals surface area contributed by atoms with E-state index in [0.29, 0.717) is 0 Å². The highest BCUT2D eigenvalue weighted by molar-refractivity contribution is 6.27. The largest absolute Gasteiger partial charge is 0.493 e. The topological polar surface area (TPSA) is 87.1 Å². The molecule has 144 valence electrons. The van der Waals surface area contributed by atoms with E-state index in [9.17, 15) is 0 Å². The SMILES string of the molecule is C=CCc1ccccc1OCCCN1CCCCCC1.O=C(O)C(=O)O. The van der Waals surface area contributed by atoms with E-state index in [4.69, 9.17) is 24.5 Å². The first-order chi connectivity index (χ1) is 12.5. The molecule has 0 bridgehead atoms. The third-order valence-electron chi connectivity index (χ3n) is 4.09. The van der Waals surface area contributed by atoms with E-state index >= 15 is 0 Å². The smallest absolute Gasteiger partial charge is 0.414 e. The number of benzene rings is 1. The van der Waals surface area contributed by atoms with Gasteiger partial charge < -0.3 is 19.8 Å². The molecule has 6 nitrogen and oxygen atoms in total. The highest BCUT2D eigenvalue weighted by Gasteiger charge is 2.08. The number of rotatable bonds is 7. The Morgan fingerprint density at radius 3 is 2.27 bits per heavy atom. The van der Waals surface area contributed by atoms with Crippen LogP contribution in [-0.4, -0.2) is 53.3 Å². The average molecular weight is 363 g/mol. The Kier molecular flexibility index (Phi) is 10.8. The lowest BCUT2D eigenvalue weighted by Crippen LogP contribution is -2.26. The molecule has 1 aliphatic heterocycles. The van der Waals surface area contributed by atoms with Crippen LogP contribution in [-0.2, 0) is 16.0 Å². The quantitative estimate of drug-likeness (QED) is 0.439. The first kappa shape index (κ1) is 21.7.